The van der Waals surface area contributed by atoms with Crippen molar-refractivity contribution >= 4 is 17.3 Å². The van der Waals surface area contributed by atoms with E-state index in [0.717, 1.165) is 11.3 Å². The molecule has 2 rings (SSSR count). The first-order valence-electron chi connectivity index (χ1n) is 6.56. The summed E-state index contributed by atoms with van der Waals surface area (Å²) >= 11 is 0. The van der Waals surface area contributed by atoms with Gasteiger partial charge in [0.05, 0.1) is 18.8 Å². The van der Waals surface area contributed by atoms with Crippen molar-refractivity contribution in [3.8, 4) is 0 Å². The van der Waals surface area contributed by atoms with Gasteiger partial charge in [0.2, 0.25) is 5.91 Å². The largest absolute Gasteiger partial charge is 0.380 e. The summed E-state index contributed by atoms with van der Waals surface area (Å²) in [4.78, 5) is 11.8. The fourth-order valence-electron chi connectivity index (χ4n) is 1.91. The fourth-order valence-corrected chi connectivity index (χ4v) is 1.91. The quantitative estimate of drug-likeness (QED) is 0.859. The number of amides is 1. The molecule has 2 N–H and O–H groups in total. The zero-order valence-electron chi connectivity index (χ0n) is 11.7. The van der Waals surface area contributed by atoms with Crippen LogP contribution in [0.15, 0.2) is 48.5 Å². The number of halogens is 1. The molecule has 0 aliphatic rings. The molecule has 0 aliphatic carbocycles. The van der Waals surface area contributed by atoms with Crippen LogP contribution in [0.2, 0.25) is 0 Å². The van der Waals surface area contributed by atoms with E-state index in [1.807, 2.05) is 24.3 Å². The number of methoxy groups -OCH3 is 1. The average molecular weight is 288 g/mol. The second-order valence-electron chi connectivity index (χ2n) is 4.47. The fraction of sp³-hybridized carbons (Fsp3) is 0.188. The van der Waals surface area contributed by atoms with E-state index in [-0.39, 0.29) is 18.1 Å². The van der Waals surface area contributed by atoms with E-state index >= 15 is 0 Å². The van der Waals surface area contributed by atoms with E-state index in [2.05, 4.69) is 10.6 Å². The molecule has 0 atom stereocenters. The summed E-state index contributed by atoms with van der Waals surface area (Å²) in [5.41, 5.74) is 1.95. The molecule has 2 aromatic carbocycles. The molecule has 1 amide bonds. The third kappa shape index (κ3) is 4.29. The standard InChI is InChI=1S/C16H17FN2O2/c1-21-11-12-6-2-4-8-14(12)18-10-16(20)19-15-9-5-3-7-13(15)17/h2-9,18H,10-11H2,1H3,(H,19,20). The summed E-state index contributed by atoms with van der Waals surface area (Å²) in [6, 6.07) is 13.6. The lowest BCUT2D eigenvalue weighted by atomic mass is 10.2. The number of ether oxygens (including phenoxy) is 1. The molecule has 0 radical (unpaired) electrons. The van der Waals surface area contributed by atoms with Gasteiger partial charge in [0.25, 0.3) is 0 Å². The molecule has 4 nitrogen and oxygen atoms in total. The van der Waals surface area contributed by atoms with Gasteiger partial charge in [0, 0.05) is 18.4 Å². The molecule has 0 aliphatic heterocycles. The van der Waals surface area contributed by atoms with Crippen molar-refractivity contribution in [1.82, 2.24) is 0 Å². The van der Waals surface area contributed by atoms with Crippen molar-refractivity contribution in [3.63, 3.8) is 0 Å². The van der Waals surface area contributed by atoms with Crippen LogP contribution in [-0.2, 0) is 16.1 Å². The number of hydrogen-bond donors (Lipinski definition) is 2. The molecule has 0 saturated carbocycles. The first-order chi connectivity index (χ1) is 10.2. The minimum atomic E-state index is -0.453. The van der Waals surface area contributed by atoms with E-state index in [1.165, 1.54) is 12.1 Å². The highest BCUT2D eigenvalue weighted by Crippen LogP contribution is 2.16. The topological polar surface area (TPSA) is 50.4 Å². The van der Waals surface area contributed by atoms with Gasteiger partial charge < -0.3 is 15.4 Å². The van der Waals surface area contributed by atoms with Crippen molar-refractivity contribution in [2.45, 2.75) is 6.61 Å². The SMILES string of the molecule is COCc1ccccc1NCC(=O)Nc1ccccc1F. The van der Waals surface area contributed by atoms with Crippen molar-refractivity contribution < 1.29 is 13.9 Å². The van der Waals surface area contributed by atoms with Gasteiger partial charge in [0.1, 0.15) is 5.82 Å². The maximum Gasteiger partial charge on any atom is 0.243 e. The Morgan fingerprint density at radius 3 is 2.48 bits per heavy atom. The number of rotatable bonds is 6. The summed E-state index contributed by atoms with van der Waals surface area (Å²) in [5, 5.41) is 5.55. The molecule has 0 unspecified atom stereocenters. The average Bonchev–Trinajstić information content (AvgIpc) is 2.49. The van der Waals surface area contributed by atoms with Crippen LogP contribution in [0.3, 0.4) is 0 Å². The van der Waals surface area contributed by atoms with Crippen LogP contribution < -0.4 is 10.6 Å². The van der Waals surface area contributed by atoms with Gasteiger partial charge in [-0.1, -0.05) is 30.3 Å². The van der Waals surface area contributed by atoms with Crippen LogP contribution in [0.1, 0.15) is 5.56 Å². The number of anilines is 2. The van der Waals surface area contributed by atoms with E-state index in [1.54, 1.807) is 19.2 Å². The van der Waals surface area contributed by atoms with Crippen molar-refractivity contribution in [2.24, 2.45) is 0 Å². The zero-order chi connectivity index (χ0) is 15.1. The Bertz CT molecular complexity index is 617. The first-order valence-corrected chi connectivity index (χ1v) is 6.56. The zero-order valence-corrected chi connectivity index (χ0v) is 11.7. The van der Waals surface area contributed by atoms with Crippen molar-refractivity contribution in [2.75, 3.05) is 24.3 Å². The number of carbonyl (C=O) groups is 1. The number of para-hydroxylation sites is 2. The van der Waals surface area contributed by atoms with Gasteiger partial charge in [-0.05, 0) is 18.2 Å². The van der Waals surface area contributed by atoms with E-state index in [4.69, 9.17) is 4.74 Å². The van der Waals surface area contributed by atoms with Crippen LogP contribution in [0.25, 0.3) is 0 Å². The van der Waals surface area contributed by atoms with Gasteiger partial charge in [-0.3, -0.25) is 4.79 Å². The van der Waals surface area contributed by atoms with Gasteiger partial charge in [-0.15, -0.1) is 0 Å². The summed E-state index contributed by atoms with van der Waals surface area (Å²) in [5.74, 6) is -0.766. The summed E-state index contributed by atoms with van der Waals surface area (Å²) in [7, 11) is 1.61. The predicted octanol–water partition coefficient (Wildman–Crippen LogP) is 3.02. The number of benzene rings is 2. The van der Waals surface area contributed by atoms with E-state index < -0.39 is 5.82 Å². The second-order valence-corrected chi connectivity index (χ2v) is 4.47. The summed E-state index contributed by atoms with van der Waals surface area (Å²) in [6.07, 6.45) is 0. The Morgan fingerprint density at radius 2 is 1.76 bits per heavy atom. The smallest absolute Gasteiger partial charge is 0.243 e. The summed E-state index contributed by atoms with van der Waals surface area (Å²) < 4.78 is 18.5. The van der Waals surface area contributed by atoms with Crippen LogP contribution in [0.4, 0.5) is 15.8 Å². The Labute approximate surface area is 122 Å². The Hall–Kier alpha value is -2.40. The Kier molecular flexibility index (Phi) is 5.29. The Morgan fingerprint density at radius 1 is 1.10 bits per heavy atom. The summed E-state index contributed by atoms with van der Waals surface area (Å²) in [6.45, 7) is 0.507. The molecule has 0 saturated heterocycles. The predicted molar refractivity (Wildman–Crippen MR) is 80.7 cm³/mol. The highest BCUT2D eigenvalue weighted by molar-refractivity contribution is 5.93. The van der Waals surface area contributed by atoms with Crippen LogP contribution >= 0.6 is 0 Å². The second kappa shape index (κ2) is 7.40. The molecule has 0 aromatic heterocycles. The lowest BCUT2D eigenvalue weighted by Crippen LogP contribution is -2.22. The van der Waals surface area contributed by atoms with Crippen molar-refractivity contribution in [1.29, 1.82) is 0 Å². The minimum absolute atomic E-state index is 0.0507. The highest BCUT2D eigenvalue weighted by Gasteiger charge is 2.07. The number of nitrogens with one attached hydrogen (secondary N) is 2. The van der Waals surface area contributed by atoms with Gasteiger partial charge in [-0.25, -0.2) is 4.39 Å². The molecule has 110 valence electrons. The lowest BCUT2D eigenvalue weighted by Gasteiger charge is -2.12. The third-order valence-electron chi connectivity index (χ3n) is 2.90. The Balaban J connectivity index is 1.94. The molecule has 2 aromatic rings. The molecule has 21 heavy (non-hydrogen) atoms. The molecule has 0 heterocycles. The molecular weight excluding hydrogens is 271 g/mol. The molecule has 0 bridgehead atoms. The molecular formula is C16H17FN2O2. The van der Waals surface area contributed by atoms with E-state index in [9.17, 15) is 9.18 Å². The van der Waals surface area contributed by atoms with Crippen LogP contribution in [0, 0.1) is 5.82 Å². The van der Waals surface area contributed by atoms with E-state index in [0.29, 0.717) is 6.61 Å². The van der Waals surface area contributed by atoms with Crippen LogP contribution in [-0.4, -0.2) is 19.6 Å². The molecule has 5 heteroatoms. The van der Waals surface area contributed by atoms with Gasteiger partial charge >= 0.3 is 0 Å². The van der Waals surface area contributed by atoms with Crippen molar-refractivity contribution in [3.05, 3.63) is 59.9 Å². The lowest BCUT2D eigenvalue weighted by molar-refractivity contribution is -0.114. The monoisotopic (exact) mass is 288 g/mol. The maximum atomic E-state index is 13.4. The number of hydrogen-bond acceptors (Lipinski definition) is 3. The normalized spacial score (nSPS) is 10.2. The first kappa shape index (κ1) is 15.0. The molecule has 0 spiro atoms. The third-order valence-corrected chi connectivity index (χ3v) is 2.90. The molecule has 0 fully saturated rings. The highest BCUT2D eigenvalue weighted by atomic mass is 19.1. The van der Waals surface area contributed by atoms with Crippen LogP contribution in [0.5, 0.6) is 0 Å². The maximum absolute atomic E-state index is 13.4. The number of carbonyl (C=O) groups excluding carboxylic acids is 1. The minimum Gasteiger partial charge on any atom is -0.380 e. The van der Waals surface area contributed by atoms with Gasteiger partial charge in [-0.2, -0.15) is 0 Å². The van der Waals surface area contributed by atoms with Gasteiger partial charge in [0.15, 0.2) is 0 Å².